The van der Waals surface area contributed by atoms with E-state index in [9.17, 15) is 8.42 Å². The second-order valence-corrected chi connectivity index (χ2v) is 12.6. The molecule has 0 aliphatic carbocycles. The zero-order valence-electron chi connectivity index (χ0n) is 20.4. The summed E-state index contributed by atoms with van der Waals surface area (Å²) in [6.07, 6.45) is 3.57. The van der Waals surface area contributed by atoms with Gasteiger partial charge < -0.3 is 14.2 Å². The lowest BCUT2D eigenvalue weighted by Gasteiger charge is -2.23. The average Bonchev–Trinajstić information content (AvgIpc) is 3.53. The molecule has 0 saturated carbocycles. The molecule has 15 heteroatoms. The lowest BCUT2D eigenvalue weighted by atomic mass is 10.1. The maximum atomic E-state index is 13.6. The van der Waals surface area contributed by atoms with Crippen LogP contribution in [0.5, 0.6) is 11.5 Å². The van der Waals surface area contributed by atoms with E-state index in [1.807, 2.05) is 0 Å². The van der Waals surface area contributed by atoms with Crippen molar-refractivity contribution in [1.82, 2.24) is 24.7 Å². The van der Waals surface area contributed by atoms with Gasteiger partial charge in [0.15, 0.2) is 11.5 Å². The molecule has 3 aromatic rings. The summed E-state index contributed by atoms with van der Waals surface area (Å²) in [4.78, 5) is 8.36. The Morgan fingerprint density at radius 3 is 2.30 bits per heavy atom. The molecule has 1 saturated heterocycles. The molecule has 200 valence electrons. The highest BCUT2D eigenvalue weighted by Crippen LogP contribution is 2.46. The minimum Gasteiger partial charge on any atom is -0.493 e. The van der Waals surface area contributed by atoms with Gasteiger partial charge in [-0.15, -0.1) is 10.2 Å². The van der Waals surface area contributed by atoms with Gasteiger partial charge in [-0.3, -0.25) is 9.29 Å². The zero-order valence-corrected chi connectivity index (χ0v) is 25.1. The number of rotatable bonds is 9. The molecule has 0 unspecified atom stereocenters. The standard InChI is InChI=1S/C22H25Br2ClN6O5S/c1-11(20-26-8-14(25)9-27-20)12(2)37(32,33)30-22-29-28-21(13-5-6-36-10-13)31(22)17-18(34-3)15(23)7-16(24)19(17)35-4/h7-9,11-13H,5-6,10H2,1-4H3,(H,29,30)/t11-,12-,13-/m0/s1. The summed E-state index contributed by atoms with van der Waals surface area (Å²) in [5.74, 6) is 1.02. The number of nitrogens with one attached hydrogen (secondary N) is 1. The Balaban J connectivity index is 1.82. The number of hydrogen-bond acceptors (Lipinski definition) is 9. The van der Waals surface area contributed by atoms with Crippen LogP contribution >= 0.6 is 43.5 Å². The van der Waals surface area contributed by atoms with Crippen LogP contribution in [0.2, 0.25) is 5.02 Å². The molecule has 1 fully saturated rings. The Labute approximate surface area is 236 Å². The van der Waals surface area contributed by atoms with E-state index in [4.69, 9.17) is 25.8 Å². The molecule has 2 aromatic heterocycles. The van der Waals surface area contributed by atoms with Crippen LogP contribution in [0.4, 0.5) is 5.95 Å². The molecule has 3 atom stereocenters. The fraction of sp³-hybridized carbons (Fsp3) is 0.455. The fourth-order valence-electron chi connectivity index (χ4n) is 4.00. The number of aromatic nitrogens is 5. The number of methoxy groups -OCH3 is 2. The Bertz CT molecular complexity index is 1350. The summed E-state index contributed by atoms with van der Waals surface area (Å²) < 4.78 is 49.6. The van der Waals surface area contributed by atoms with E-state index in [2.05, 4.69) is 56.7 Å². The second-order valence-electron chi connectivity index (χ2n) is 8.43. The molecule has 0 radical (unpaired) electrons. The predicted molar refractivity (Wildman–Crippen MR) is 146 cm³/mol. The van der Waals surface area contributed by atoms with E-state index >= 15 is 0 Å². The fourth-order valence-corrected chi connectivity index (χ4v) is 6.80. The maximum absolute atomic E-state index is 13.6. The molecule has 3 heterocycles. The smallest absolute Gasteiger partial charge is 0.243 e. The first-order valence-corrected chi connectivity index (χ1v) is 14.7. The van der Waals surface area contributed by atoms with Gasteiger partial charge in [-0.25, -0.2) is 18.4 Å². The second kappa shape index (κ2) is 11.4. The Kier molecular flexibility index (Phi) is 8.63. The maximum Gasteiger partial charge on any atom is 0.243 e. The summed E-state index contributed by atoms with van der Waals surface area (Å²) in [6, 6.07) is 1.78. The van der Waals surface area contributed by atoms with Crippen LogP contribution in [-0.2, 0) is 14.8 Å². The van der Waals surface area contributed by atoms with Gasteiger partial charge in [0, 0.05) is 30.8 Å². The molecule has 37 heavy (non-hydrogen) atoms. The highest BCUT2D eigenvalue weighted by Gasteiger charge is 2.35. The largest absolute Gasteiger partial charge is 0.493 e. The quantitative estimate of drug-likeness (QED) is 0.342. The molecule has 1 aliphatic heterocycles. The summed E-state index contributed by atoms with van der Waals surface area (Å²) in [6.45, 7) is 4.29. The van der Waals surface area contributed by atoms with Gasteiger partial charge in [0.05, 0.1) is 40.0 Å². The monoisotopic (exact) mass is 678 g/mol. The third kappa shape index (κ3) is 5.58. The van der Waals surface area contributed by atoms with E-state index in [1.165, 1.54) is 26.6 Å². The highest BCUT2D eigenvalue weighted by molar-refractivity contribution is 9.11. The van der Waals surface area contributed by atoms with Crippen LogP contribution in [0.15, 0.2) is 27.4 Å². The first-order chi connectivity index (χ1) is 17.6. The van der Waals surface area contributed by atoms with Gasteiger partial charge in [0.1, 0.15) is 17.3 Å². The molecule has 1 aromatic carbocycles. The minimum atomic E-state index is -3.99. The van der Waals surface area contributed by atoms with E-state index in [0.29, 0.717) is 62.4 Å². The van der Waals surface area contributed by atoms with E-state index < -0.39 is 21.2 Å². The average molecular weight is 681 g/mol. The predicted octanol–water partition coefficient (Wildman–Crippen LogP) is 4.69. The van der Waals surface area contributed by atoms with Crippen molar-refractivity contribution < 1.29 is 22.6 Å². The van der Waals surface area contributed by atoms with Crippen molar-refractivity contribution in [3.05, 3.63) is 44.1 Å². The van der Waals surface area contributed by atoms with Crippen LogP contribution in [0.1, 0.15) is 43.8 Å². The first-order valence-electron chi connectivity index (χ1n) is 11.2. The van der Waals surface area contributed by atoms with E-state index in [0.717, 1.165) is 0 Å². The normalized spacial score (nSPS) is 17.4. The topological polar surface area (TPSA) is 130 Å². The highest BCUT2D eigenvalue weighted by atomic mass is 79.9. The number of halogens is 3. The summed E-state index contributed by atoms with van der Waals surface area (Å²) >= 11 is 12.9. The molecule has 1 N–H and O–H groups in total. The lowest BCUT2D eigenvalue weighted by molar-refractivity contribution is 0.193. The van der Waals surface area contributed by atoms with E-state index in [1.54, 1.807) is 24.5 Å². The number of ether oxygens (including phenoxy) is 3. The zero-order chi connectivity index (χ0) is 26.9. The summed E-state index contributed by atoms with van der Waals surface area (Å²) in [5, 5.41) is 8.04. The first kappa shape index (κ1) is 28.0. The van der Waals surface area contributed by atoms with Crippen molar-refractivity contribution in [2.45, 2.75) is 37.4 Å². The van der Waals surface area contributed by atoms with Crippen molar-refractivity contribution in [2.24, 2.45) is 0 Å². The molecular weight excluding hydrogens is 656 g/mol. The van der Waals surface area contributed by atoms with Crippen molar-refractivity contribution in [1.29, 1.82) is 0 Å². The van der Waals surface area contributed by atoms with Crippen molar-refractivity contribution in [2.75, 3.05) is 32.2 Å². The molecule has 1 aliphatic rings. The van der Waals surface area contributed by atoms with Gasteiger partial charge in [-0.1, -0.05) is 18.5 Å². The van der Waals surface area contributed by atoms with Crippen LogP contribution in [-0.4, -0.2) is 65.8 Å². The van der Waals surface area contributed by atoms with Crippen LogP contribution in [0, 0.1) is 0 Å². The summed E-state index contributed by atoms with van der Waals surface area (Å²) in [5.41, 5.74) is 0.428. The van der Waals surface area contributed by atoms with Gasteiger partial charge in [0.25, 0.3) is 0 Å². The van der Waals surface area contributed by atoms with Crippen LogP contribution in [0.25, 0.3) is 5.69 Å². The number of anilines is 1. The Hall–Kier alpha value is -2.00. The van der Waals surface area contributed by atoms with Gasteiger partial charge in [-0.05, 0) is 51.3 Å². The third-order valence-electron chi connectivity index (χ3n) is 6.21. The number of hydrogen-bond donors (Lipinski definition) is 1. The van der Waals surface area contributed by atoms with Gasteiger partial charge >= 0.3 is 0 Å². The number of benzene rings is 1. The van der Waals surface area contributed by atoms with Crippen LogP contribution in [0.3, 0.4) is 0 Å². The summed E-state index contributed by atoms with van der Waals surface area (Å²) in [7, 11) is -0.967. The molecule has 11 nitrogen and oxygen atoms in total. The molecule has 0 amide bonds. The number of nitrogens with zero attached hydrogens (tertiary/aromatic N) is 5. The van der Waals surface area contributed by atoms with Crippen molar-refractivity contribution in [3.8, 4) is 17.2 Å². The molecule has 0 spiro atoms. The third-order valence-corrected chi connectivity index (χ3v) is 9.43. The van der Waals surface area contributed by atoms with E-state index in [-0.39, 0.29) is 11.9 Å². The number of sulfonamides is 1. The Morgan fingerprint density at radius 2 is 1.76 bits per heavy atom. The van der Waals surface area contributed by atoms with Gasteiger partial charge in [-0.2, -0.15) is 0 Å². The molecule has 4 rings (SSSR count). The minimum absolute atomic E-state index is 0.0143. The molecule has 0 bridgehead atoms. The van der Waals surface area contributed by atoms with Gasteiger partial charge in [0.2, 0.25) is 16.0 Å². The lowest BCUT2D eigenvalue weighted by Crippen LogP contribution is -2.31. The Morgan fingerprint density at radius 1 is 1.14 bits per heavy atom. The van der Waals surface area contributed by atoms with Crippen LogP contribution < -0.4 is 14.2 Å². The van der Waals surface area contributed by atoms with Crippen molar-refractivity contribution in [3.63, 3.8) is 0 Å². The SMILES string of the molecule is COc1c(Br)cc(Br)c(OC)c1-n1c(NS(=O)(=O)[C@@H](C)[C@H](C)c2ncc(Cl)cn2)nnc1[C@H]1CCOC1. The van der Waals surface area contributed by atoms with Crippen molar-refractivity contribution >= 4 is 59.4 Å². The molecular formula is C22H25Br2ClN6O5S.